The zero-order chi connectivity index (χ0) is 11.5. The number of nitrogens with zero attached hydrogens (tertiary/aromatic N) is 2. The van der Waals surface area contributed by atoms with Gasteiger partial charge in [0.05, 0.1) is 17.5 Å². The Morgan fingerprint density at radius 1 is 1.50 bits per heavy atom. The molecule has 2 atom stereocenters. The van der Waals surface area contributed by atoms with E-state index in [1.165, 1.54) is 6.33 Å². The Morgan fingerprint density at radius 2 is 2.31 bits per heavy atom. The number of aliphatic hydroxyl groups is 1. The summed E-state index contributed by atoms with van der Waals surface area (Å²) in [6.07, 6.45) is 3.77. The largest absolute Gasteiger partial charge is 0.391 e. The first kappa shape index (κ1) is 10.9. The minimum atomic E-state index is -0.408. The molecule has 3 N–H and O–H groups in total. The lowest BCUT2D eigenvalue weighted by molar-refractivity contribution is 0.169. The van der Waals surface area contributed by atoms with Crippen LogP contribution >= 0.6 is 0 Å². The third kappa shape index (κ3) is 1.99. The Bertz CT molecular complexity index is 466. The SMILES string of the molecule is CC[C@@H](Nc1ncnc2[nH]ccc12)[C@H](C)O. The lowest BCUT2D eigenvalue weighted by Crippen LogP contribution is -2.31. The van der Waals surface area contributed by atoms with Crippen LogP contribution in [0.1, 0.15) is 20.3 Å². The monoisotopic (exact) mass is 220 g/mol. The summed E-state index contributed by atoms with van der Waals surface area (Å²) in [5.41, 5.74) is 0.804. The zero-order valence-corrected chi connectivity index (χ0v) is 9.44. The van der Waals surface area contributed by atoms with Gasteiger partial charge in [-0.15, -0.1) is 0 Å². The van der Waals surface area contributed by atoms with Gasteiger partial charge in [0.2, 0.25) is 0 Å². The molecule has 0 radical (unpaired) electrons. The number of rotatable bonds is 4. The standard InChI is InChI=1S/C11H16N4O/c1-3-9(7(2)16)15-11-8-4-5-12-10(8)13-6-14-11/h4-7,9,16H,3H2,1-2H3,(H2,12,13,14,15)/t7-,9+/m0/s1. The van der Waals surface area contributed by atoms with Crippen LogP contribution in [0.3, 0.4) is 0 Å². The topological polar surface area (TPSA) is 73.8 Å². The van der Waals surface area contributed by atoms with E-state index < -0.39 is 6.10 Å². The van der Waals surface area contributed by atoms with Crippen molar-refractivity contribution in [3.63, 3.8) is 0 Å². The molecule has 2 aromatic heterocycles. The van der Waals surface area contributed by atoms with Gasteiger partial charge in [0.25, 0.3) is 0 Å². The molecule has 2 aromatic rings. The van der Waals surface area contributed by atoms with E-state index in [0.717, 1.165) is 23.3 Å². The number of aromatic amines is 1. The maximum Gasteiger partial charge on any atom is 0.142 e. The fraction of sp³-hybridized carbons (Fsp3) is 0.455. The van der Waals surface area contributed by atoms with E-state index in [1.54, 1.807) is 6.92 Å². The number of H-pyrrole nitrogens is 1. The Labute approximate surface area is 93.9 Å². The van der Waals surface area contributed by atoms with Crippen molar-refractivity contribution in [1.82, 2.24) is 15.0 Å². The van der Waals surface area contributed by atoms with Crippen molar-refractivity contribution in [2.75, 3.05) is 5.32 Å². The Kier molecular flexibility index (Phi) is 3.05. The molecule has 0 amide bonds. The molecule has 0 saturated heterocycles. The van der Waals surface area contributed by atoms with Crippen molar-refractivity contribution >= 4 is 16.9 Å². The summed E-state index contributed by atoms with van der Waals surface area (Å²) in [7, 11) is 0. The van der Waals surface area contributed by atoms with Gasteiger partial charge in [-0.25, -0.2) is 9.97 Å². The molecule has 0 unspecified atom stereocenters. The van der Waals surface area contributed by atoms with Gasteiger partial charge in [-0.1, -0.05) is 6.92 Å². The maximum atomic E-state index is 9.58. The number of nitrogens with one attached hydrogen (secondary N) is 2. The van der Waals surface area contributed by atoms with E-state index in [2.05, 4.69) is 20.3 Å². The zero-order valence-electron chi connectivity index (χ0n) is 9.44. The highest BCUT2D eigenvalue weighted by molar-refractivity contribution is 5.86. The third-order valence-corrected chi connectivity index (χ3v) is 2.70. The molecule has 0 aromatic carbocycles. The Balaban J connectivity index is 2.29. The lowest BCUT2D eigenvalue weighted by Gasteiger charge is -2.20. The molecular formula is C11H16N4O. The predicted molar refractivity (Wildman–Crippen MR) is 63.3 cm³/mol. The van der Waals surface area contributed by atoms with Crippen molar-refractivity contribution in [2.24, 2.45) is 0 Å². The Hall–Kier alpha value is -1.62. The predicted octanol–water partition coefficient (Wildman–Crippen LogP) is 1.53. The first-order valence-corrected chi connectivity index (χ1v) is 5.45. The number of fused-ring (bicyclic) bond motifs is 1. The van der Waals surface area contributed by atoms with Gasteiger partial charge in [-0.2, -0.15) is 0 Å². The van der Waals surface area contributed by atoms with Crippen molar-refractivity contribution in [3.8, 4) is 0 Å². The molecule has 0 aliphatic rings. The van der Waals surface area contributed by atoms with Crippen molar-refractivity contribution in [1.29, 1.82) is 0 Å². The van der Waals surface area contributed by atoms with Crippen LogP contribution in [0.5, 0.6) is 0 Å². The molecule has 0 fully saturated rings. The summed E-state index contributed by atoms with van der Waals surface area (Å²) < 4.78 is 0. The van der Waals surface area contributed by atoms with Gasteiger partial charge >= 0.3 is 0 Å². The smallest absolute Gasteiger partial charge is 0.142 e. The number of anilines is 1. The summed E-state index contributed by atoms with van der Waals surface area (Å²) in [5, 5.41) is 13.8. The highest BCUT2D eigenvalue weighted by Crippen LogP contribution is 2.19. The summed E-state index contributed by atoms with van der Waals surface area (Å²) in [6, 6.07) is 1.93. The van der Waals surface area contributed by atoms with Gasteiger partial charge < -0.3 is 15.4 Å². The van der Waals surface area contributed by atoms with E-state index in [9.17, 15) is 5.11 Å². The van der Waals surface area contributed by atoms with Gasteiger partial charge in [-0.3, -0.25) is 0 Å². The van der Waals surface area contributed by atoms with Crippen molar-refractivity contribution in [2.45, 2.75) is 32.4 Å². The first-order valence-electron chi connectivity index (χ1n) is 5.45. The van der Waals surface area contributed by atoms with Gasteiger partial charge in [0, 0.05) is 6.20 Å². The van der Waals surface area contributed by atoms with Crippen LogP contribution in [-0.2, 0) is 0 Å². The highest BCUT2D eigenvalue weighted by atomic mass is 16.3. The second-order valence-electron chi connectivity index (χ2n) is 3.86. The van der Waals surface area contributed by atoms with E-state index in [1.807, 2.05) is 19.2 Å². The number of aromatic nitrogens is 3. The molecule has 0 bridgehead atoms. The molecule has 0 saturated carbocycles. The normalized spacial score (nSPS) is 14.9. The third-order valence-electron chi connectivity index (χ3n) is 2.70. The number of hydrogen-bond acceptors (Lipinski definition) is 4. The van der Waals surface area contributed by atoms with Crippen molar-refractivity contribution in [3.05, 3.63) is 18.6 Å². The van der Waals surface area contributed by atoms with Crippen LogP contribution in [0.4, 0.5) is 5.82 Å². The van der Waals surface area contributed by atoms with Crippen molar-refractivity contribution < 1.29 is 5.11 Å². The van der Waals surface area contributed by atoms with Gasteiger partial charge in [-0.05, 0) is 19.4 Å². The fourth-order valence-electron chi connectivity index (χ4n) is 1.73. The summed E-state index contributed by atoms with van der Waals surface area (Å²) in [6.45, 7) is 3.80. The minimum absolute atomic E-state index is 0.00741. The van der Waals surface area contributed by atoms with Crippen LogP contribution in [0.2, 0.25) is 0 Å². The summed E-state index contributed by atoms with van der Waals surface area (Å²) in [4.78, 5) is 11.3. The maximum absolute atomic E-state index is 9.58. The molecule has 2 heterocycles. The lowest BCUT2D eigenvalue weighted by atomic mass is 10.1. The van der Waals surface area contributed by atoms with E-state index in [4.69, 9.17) is 0 Å². The molecule has 0 spiro atoms. The molecule has 0 aliphatic heterocycles. The minimum Gasteiger partial charge on any atom is -0.391 e. The van der Waals surface area contributed by atoms with E-state index in [0.29, 0.717) is 0 Å². The van der Waals surface area contributed by atoms with Crippen LogP contribution in [0.15, 0.2) is 18.6 Å². The van der Waals surface area contributed by atoms with Gasteiger partial charge in [0.1, 0.15) is 17.8 Å². The molecule has 16 heavy (non-hydrogen) atoms. The first-order chi connectivity index (χ1) is 7.72. The van der Waals surface area contributed by atoms with Crippen LogP contribution in [-0.4, -0.2) is 32.2 Å². The Morgan fingerprint density at radius 3 is 3.00 bits per heavy atom. The summed E-state index contributed by atoms with van der Waals surface area (Å²) >= 11 is 0. The van der Waals surface area contributed by atoms with E-state index in [-0.39, 0.29) is 6.04 Å². The highest BCUT2D eigenvalue weighted by Gasteiger charge is 2.14. The van der Waals surface area contributed by atoms with E-state index >= 15 is 0 Å². The molecule has 2 rings (SSSR count). The number of aliphatic hydroxyl groups excluding tert-OH is 1. The second kappa shape index (κ2) is 4.49. The average Bonchev–Trinajstić information content (AvgIpc) is 2.73. The molecule has 0 aliphatic carbocycles. The molecule has 5 nitrogen and oxygen atoms in total. The second-order valence-corrected chi connectivity index (χ2v) is 3.86. The molecular weight excluding hydrogens is 204 g/mol. The summed E-state index contributed by atoms with van der Waals surface area (Å²) in [5.74, 6) is 0.763. The quantitative estimate of drug-likeness (QED) is 0.730. The van der Waals surface area contributed by atoms with Crippen LogP contribution < -0.4 is 5.32 Å². The molecule has 86 valence electrons. The molecule has 5 heteroatoms. The van der Waals surface area contributed by atoms with Gasteiger partial charge in [0.15, 0.2) is 0 Å². The fourth-order valence-corrected chi connectivity index (χ4v) is 1.73. The van der Waals surface area contributed by atoms with Crippen LogP contribution in [0.25, 0.3) is 11.0 Å². The van der Waals surface area contributed by atoms with Crippen LogP contribution in [0, 0.1) is 0 Å². The number of hydrogen-bond donors (Lipinski definition) is 3. The average molecular weight is 220 g/mol.